The highest BCUT2D eigenvalue weighted by Gasteiger charge is 2.29. The fourth-order valence-electron chi connectivity index (χ4n) is 3.51. The number of nitrogens with zero attached hydrogens (tertiary/aromatic N) is 2. The Kier molecular flexibility index (Phi) is 5.96. The van der Waals surface area contributed by atoms with E-state index in [9.17, 15) is 4.79 Å². The highest BCUT2D eigenvalue weighted by atomic mass is 35.5. The maximum atomic E-state index is 13.0. The maximum absolute atomic E-state index is 13.0. The standard InChI is InChI=1S/C23H22ClN3O2/c24-20-15-25-13-11-21(20)29-19-12-14-27(16-19)23(28)26-22(17-7-3-1-4-8-17)18-9-5-2-6-10-18/h1-11,13,15,19,22H,12,14,16H2,(H,26,28)/t19-/m0/s1. The molecule has 1 aliphatic heterocycles. The summed E-state index contributed by atoms with van der Waals surface area (Å²) in [7, 11) is 0. The lowest BCUT2D eigenvalue weighted by Gasteiger charge is -2.24. The zero-order chi connectivity index (χ0) is 20.1. The summed E-state index contributed by atoms with van der Waals surface area (Å²) in [6.07, 6.45) is 3.87. The van der Waals surface area contributed by atoms with Crippen LogP contribution in [0, 0.1) is 0 Å². The van der Waals surface area contributed by atoms with E-state index in [0.717, 1.165) is 17.5 Å². The summed E-state index contributed by atoms with van der Waals surface area (Å²) in [5.74, 6) is 0.598. The quantitative estimate of drug-likeness (QED) is 0.667. The van der Waals surface area contributed by atoms with E-state index < -0.39 is 0 Å². The number of halogens is 1. The molecule has 1 aliphatic rings. The van der Waals surface area contributed by atoms with Crippen LogP contribution in [0.1, 0.15) is 23.6 Å². The van der Waals surface area contributed by atoms with Crippen LogP contribution in [0.2, 0.25) is 5.02 Å². The molecule has 0 bridgehead atoms. The van der Waals surface area contributed by atoms with Crippen LogP contribution >= 0.6 is 11.6 Å². The summed E-state index contributed by atoms with van der Waals surface area (Å²) >= 11 is 6.13. The molecule has 6 heteroatoms. The number of urea groups is 1. The van der Waals surface area contributed by atoms with Crippen molar-refractivity contribution >= 4 is 17.6 Å². The summed E-state index contributed by atoms with van der Waals surface area (Å²) in [4.78, 5) is 18.7. The number of benzene rings is 2. The van der Waals surface area contributed by atoms with Crippen molar-refractivity contribution in [2.45, 2.75) is 18.6 Å². The van der Waals surface area contributed by atoms with Crippen molar-refractivity contribution in [1.29, 1.82) is 0 Å². The highest BCUT2D eigenvalue weighted by Crippen LogP contribution is 2.26. The van der Waals surface area contributed by atoms with E-state index in [2.05, 4.69) is 10.3 Å². The second kappa shape index (κ2) is 8.97. The van der Waals surface area contributed by atoms with Gasteiger partial charge in [0.2, 0.25) is 0 Å². The van der Waals surface area contributed by atoms with Gasteiger partial charge in [0, 0.05) is 31.4 Å². The number of likely N-dealkylation sites (tertiary alicyclic amines) is 1. The molecule has 1 atom stereocenters. The normalized spacial score (nSPS) is 16.1. The van der Waals surface area contributed by atoms with Gasteiger partial charge in [-0.2, -0.15) is 0 Å². The zero-order valence-corrected chi connectivity index (χ0v) is 16.6. The third-order valence-electron chi connectivity index (χ3n) is 4.99. The van der Waals surface area contributed by atoms with Gasteiger partial charge in [0.15, 0.2) is 0 Å². The van der Waals surface area contributed by atoms with E-state index in [0.29, 0.717) is 23.9 Å². The van der Waals surface area contributed by atoms with Gasteiger partial charge in [-0.15, -0.1) is 0 Å². The molecule has 0 unspecified atom stereocenters. The molecule has 29 heavy (non-hydrogen) atoms. The Morgan fingerprint density at radius 3 is 2.34 bits per heavy atom. The van der Waals surface area contributed by atoms with Crippen molar-refractivity contribution in [1.82, 2.24) is 15.2 Å². The smallest absolute Gasteiger partial charge is 0.318 e. The molecule has 0 aliphatic carbocycles. The van der Waals surface area contributed by atoms with E-state index in [1.807, 2.05) is 60.7 Å². The Morgan fingerprint density at radius 1 is 1.07 bits per heavy atom. The van der Waals surface area contributed by atoms with Crippen LogP contribution in [0.15, 0.2) is 79.1 Å². The van der Waals surface area contributed by atoms with Crippen molar-refractivity contribution < 1.29 is 9.53 Å². The lowest BCUT2D eigenvalue weighted by Crippen LogP contribution is -2.41. The number of rotatable bonds is 5. The van der Waals surface area contributed by atoms with Crippen LogP contribution in [0.25, 0.3) is 0 Å². The summed E-state index contributed by atoms with van der Waals surface area (Å²) in [6, 6.07) is 21.4. The number of carbonyl (C=O) groups excluding carboxylic acids is 1. The van der Waals surface area contributed by atoms with Gasteiger partial charge in [0.05, 0.1) is 12.6 Å². The minimum absolute atomic E-state index is 0.0902. The Bertz CT molecular complexity index is 913. The zero-order valence-electron chi connectivity index (χ0n) is 15.9. The van der Waals surface area contributed by atoms with Crippen LogP contribution in [-0.2, 0) is 0 Å². The third-order valence-corrected chi connectivity index (χ3v) is 5.28. The SMILES string of the molecule is O=C(NC(c1ccccc1)c1ccccc1)N1CC[C@H](Oc2ccncc2Cl)C1. The Labute approximate surface area is 175 Å². The third kappa shape index (κ3) is 4.69. The molecule has 1 fully saturated rings. The van der Waals surface area contributed by atoms with E-state index in [4.69, 9.17) is 16.3 Å². The van der Waals surface area contributed by atoms with Gasteiger partial charge in [-0.3, -0.25) is 4.98 Å². The van der Waals surface area contributed by atoms with Crippen LogP contribution in [0.4, 0.5) is 4.79 Å². The molecule has 2 heterocycles. The summed E-state index contributed by atoms with van der Waals surface area (Å²) in [6.45, 7) is 1.15. The first-order chi connectivity index (χ1) is 14.2. The van der Waals surface area contributed by atoms with Gasteiger partial charge >= 0.3 is 6.03 Å². The van der Waals surface area contributed by atoms with Gasteiger partial charge in [0.25, 0.3) is 0 Å². The molecule has 148 valence electrons. The van der Waals surface area contributed by atoms with Crippen LogP contribution < -0.4 is 10.1 Å². The highest BCUT2D eigenvalue weighted by molar-refractivity contribution is 6.31. The molecule has 0 radical (unpaired) electrons. The average molecular weight is 408 g/mol. The second-order valence-corrected chi connectivity index (χ2v) is 7.39. The molecular weight excluding hydrogens is 386 g/mol. The minimum Gasteiger partial charge on any atom is -0.487 e. The van der Waals surface area contributed by atoms with Crippen LogP contribution in [0.5, 0.6) is 5.75 Å². The van der Waals surface area contributed by atoms with Gasteiger partial charge in [-0.1, -0.05) is 72.3 Å². The molecule has 1 aromatic heterocycles. The van der Waals surface area contributed by atoms with Crippen molar-refractivity contribution in [3.05, 3.63) is 95.3 Å². The van der Waals surface area contributed by atoms with Gasteiger partial charge in [-0.25, -0.2) is 4.79 Å². The molecule has 2 amide bonds. The Morgan fingerprint density at radius 2 is 1.72 bits per heavy atom. The van der Waals surface area contributed by atoms with Gasteiger partial charge < -0.3 is 15.0 Å². The van der Waals surface area contributed by atoms with Crippen LogP contribution in [-0.4, -0.2) is 35.1 Å². The number of hydrogen-bond acceptors (Lipinski definition) is 3. The molecule has 1 saturated heterocycles. The fourth-order valence-corrected chi connectivity index (χ4v) is 3.68. The molecule has 0 saturated carbocycles. The summed E-state index contributed by atoms with van der Waals surface area (Å²) in [5, 5.41) is 3.66. The first-order valence-corrected chi connectivity index (χ1v) is 10.00. The second-order valence-electron chi connectivity index (χ2n) is 6.98. The molecule has 4 rings (SSSR count). The number of ether oxygens (including phenoxy) is 1. The van der Waals surface area contributed by atoms with Crippen LogP contribution in [0.3, 0.4) is 0 Å². The monoisotopic (exact) mass is 407 g/mol. The number of carbonyl (C=O) groups is 1. The Hall–Kier alpha value is -3.05. The predicted molar refractivity (Wildman–Crippen MR) is 113 cm³/mol. The maximum Gasteiger partial charge on any atom is 0.318 e. The number of aromatic nitrogens is 1. The molecule has 1 N–H and O–H groups in total. The average Bonchev–Trinajstić information content (AvgIpc) is 3.23. The summed E-state index contributed by atoms with van der Waals surface area (Å²) in [5.41, 5.74) is 2.09. The van der Waals surface area contributed by atoms with Crippen molar-refractivity contribution in [2.24, 2.45) is 0 Å². The van der Waals surface area contributed by atoms with Crippen molar-refractivity contribution in [3.63, 3.8) is 0 Å². The molecular formula is C23H22ClN3O2. The molecule has 2 aromatic carbocycles. The molecule has 5 nitrogen and oxygen atoms in total. The lowest BCUT2D eigenvalue weighted by molar-refractivity contribution is 0.185. The lowest BCUT2D eigenvalue weighted by atomic mass is 9.99. The first-order valence-electron chi connectivity index (χ1n) is 9.62. The topological polar surface area (TPSA) is 54.5 Å². The van der Waals surface area contributed by atoms with E-state index in [-0.39, 0.29) is 18.2 Å². The predicted octanol–water partition coefficient (Wildman–Crippen LogP) is 4.69. The van der Waals surface area contributed by atoms with Gasteiger partial charge in [0.1, 0.15) is 16.9 Å². The van der Waals surface area contributed by atoms with Crippen molar-refractivity contribution in [2.75, 3.05) is 13.1 Å². The van der Waals surface area contributed by atoms with Crippen molar-refractivity contribution in [3.8, 4) is 5.75 Å². The number of hydrogen-bond donors (Lipinski definition) is 1. The minimum atomic E-state index is -0.209. The van der Waals surface area contributed by atoms with E-state index in [1.165, 1.54) is 0 Å². The largest absolute Gasteiger partial charge is 0.487 e. The number of amides is 2. The molecule has 3 aromatic rings. The first kappa shape index (κ1) is 19.3. The Balaban J connectivity index is 1.44. The van der Waals surface area contributed by atoms with Gasteiger partial charge in [-0.05, 0) is 11.1 Å². The summed E-state index contributed by atoms with van der Waals surface area (Å²) < 4.78 is 5.97. The molecule has 0 spiro atoms. The number of nitrogens with one attached hydrogen (secondary N) is 1. The number of pyridine rings is 1. The van der Waals surface area contributed by atoms with E-state index in [1.54, 1.807) is 23.4 Å². The fraction of sp³-hybridized carbons (Fsp3) is 0.217. The van der Waals surface area contributed by atoms with E-state index >= 15 is 0 Å².